The summed E-state index contributed by atoms with van der Waals surface area (Å²) in [5.74, 6) is -1.98. The lowest BCUT2D eigenvalue weighted by Gasteiger charge is -2.14. The second-order valence-electron chi connectivity index (χ2n) is 3.42. The van der Waals surface area contributed by atoms with Crippen molar-refractivity contribution in [2.24, 2.45) is 0 Å². The van der Waals surface area contributed by atoms with E-state index in [2.05, 4.69) is 21.2 Å². The Morgan fingerprint density at radius 3 is 2.58 bits per heavy atom. The number of amides is 2. The van der Waals surface area contributed by atoms with E-state index in [1.54, 1.807) is 0 Å². The van der Waals surface area contributed by atoms with E-state index in [4.69, 9.17) is 21.8 Å². The molecule has 1 atom stereocenters. The number of hydrogen-bond acceptors (Lipinski definition) is 3. The molecule has 2 amide bonds. The molecule has 0 radical (unpaired) electrons. The Hall–Kier alpha value is -1.38. The van der Waals surface area contributed by atoms with Gasteiger partial charge in [-0.05, 0) is 28.1 Å². The maximum atomic E-state index is 13.0. The third-order valence-corrected chi connectivity index (χ3v) is 2.95. The molecule has 0 heterocycles. The summed E-state index contributed by atoms with van der Waals surface area (Å²) in [6.07, 6.45) is 0. The first-order valence-corrected chi connectivity index (χ1v) is 6.08. The molecular weight excluding hydrogens is 346 g/mol. The Balaban J connectivity index is 2.80. The highest BCUT2D eigenvalue weighted by Gasteiger charge is 2.19. The van der Waals surface area contributed by atoms with Gasteiger partial charge in [0.05, 0.1) is 17.3 Å². The molecule has 6 nitrogen and oxygen atoms in total. The first kappa shape index (κ1) is 15.7. The number of aliphatic hydroxyl groups is 1. The normalized spacial score (nSPS) is 11.8. The third-order valence-electron chi connectivity index (χ3n) is 2.03. The molecular formula is C10H9BrClFN2O4. The number of halogens is 3. The van der Waals surface area contributed by atoms with Crippen molar-refractivity contribution in [3.05, 3.63) is 27.4 Å². The van der Waals surface area contributed by atoms with E-state index in [1.165, 1.54) is 0 Å². The molecule has 0 bridgehead atoms. The third kappa shape index (κ3) is 4.34. The summed E-state index contributed by atoms with van der Waals surface area (Å²) in [5, 5.41) is 21.6. The van der Waals surface area contributed by atoms with Crippen molar-refractivity contribution in [3.8, 4) is 0 Å². The maximum Gasteiger partial charge on any atom is 0.328 e. The fourth-order valence-electron chi connectivity index (χ4n) is 1.15. The van der Waals surface area contributed by atoms with Crippen LogP contribution >= 0.6 is 27.5 Å². The first-order chi connectivity index (χ1) is 8.85. The molecule has 0 aliphatic heterocycles. The standard InChI is InChI=1S/C10H9BrClFN2O4/c11-5-1-4(13)2-6(12)8(5)15-10(19)14-7(3-16)9(17)18/h1-2,7,16H,3H2,(H,17,18)(H2,14,15,19)/t7-/m0/s1. The van der Waals surface area contributed by atoms with Gasteiger partial charge in [0, 0.05) is 4.47 Å². The molecule has 0 fully saturated rings. The highest BCUT2D eigenvalue weighted by atomic mass is 79.9. The Bertz CT molecular complexity index is 491. The van der Waals surface area contributed by atoms with Gasteiger partial charge in [-0.15, -0.1) is 0 Å². The van der Waals surface area contributed by atoms with Gasteiger partial charge in [0.1, 0.15) is 5.82 Å². The predicted octanol–water partition coefficient (Wildman–Crippen LogP) is 1.81. The average molecular weight is 356 g/mol. The minimum Gasteiger partial charge on any atom is -0.480 e. The van der Waals surface area contributed by atoms with E-state index in [0.29, 0.717) is 0 Å². The number of aliphatic carboxylic acids is 1. The molecule has 0 saturated carbocycles. The summed E-state index contributed by atoms with van der Waals surface area (Å²) in [7, 11) is 0. The molecule has 0 aromatic heterocycles. The molecule has 4 N–H and O–H groups in total. The number of carbonyl (C=O) groups excluding carboxylic acids is 1. The lowest BCUT2D eigenvalue weighted by atomic mass is 10.3. The smallest absolute Gasteiger partial charge is 0.328 e. The van der Waals surface area contributed by atoms with Crippen LogP contribution in [0.3, 0.4) is 0 Å². The molecule has 104 valence electrons. The zero-order valence-corrected chi connectivity index (χ0v) is 11.6. The summed E-state index contributed by atoms with van der Waals surface area (Å²) < 4.78 is 13.2. The number of benzene rings is 1. The van der Waals surface area contributed by atoms with E-state index in [1.807, 2.05) is 5.32 Å². The van der Waals surface area contributed by atoms with Gasteiger partial charge in [0.25, 0.3) is 0 Å². The summed E-state index contributed by atoms with van der Waals surface area (Å²) in [6.45, 7) is -0.763. The van der Waals surface area contributed by atoms with Crippen molar-refractivity contribution >= 4 is 45.2 Å². The minimum atomic E-state index is -1.45. The van der Waals surface area contributed by atoms with Gasteiger partial charge < -0.3 is 20.8 Å². The van der Waals surface area contributed by atoms with Crippen molar-refractivity contribution in [1.82, 2.24) is 5.32 Å². The quantitative estimate of drug-likeness (QED) is 0.662. The van der Waals surface area contributed by atoms with E-state index in [0.717, 1.165) is 12.1 Å². The summed E-state index contributed by atoms with van der Waals surface area (Å²) in [6, 6.07) is -0.265. The molecule has 9 heteroatoms. The van der Waals surface area contributed by atoms with Gasteiger partial charge in [0.2, 0.25) is 0 Å². The summed E-state index contributed by atoms with van der Waals surface area (Å²) in [4.78, 5) is 22.1. The fraction of sp³-hybridized carbons (Fsp3) is 0.200. The average Bonchev–Trinajstić information content (AvgIpc) is 2.30. The van der Waals surface area contributed by atoms with Crippen LogP contribution in [-0.4, -0.2) is 34.9 Å². The van der Waals surface area contributed by atoms with Crippen LogP contribution in [0, 0.1) is 5.82 Å². The van der Waals surface area contributed by atoms with Crippen LogP contribution in [0.25, 0.3) is 0 Å². The Labute approximate surface area is 120 Å². The largest absolute Gasteiger partial charge is 0.480 e. The molecule has 0 aliphatic carbocycles. The molecule has 0 unspecified atom stereocenters. The van der Waals surface area contributed by atoms with Crippen LogP contribution in [-0.2, 0) is 4.79 Å². The van der Waals surface area contributed by atoms with Crippen molar-refractivity contribution in [2.45, 2.75) is 6.04 Å². The fourth-order valence-corrected chi connectivity index (χ4v) is 2.05. The molecule has 19 heavy (non-hydrogen) atoms. The Kier molecular flexibility index (Phi) is 5.52. The van der Waals surface area contributed by atoms with Gasteiger partial charge in [-0.25, -0.2) is 14.0 Å². The van der Waals surface area contributed by atoms with Crippen LogP contribution in [0.4, 0.5) is 14.9 Å². The number of nitrogens with one attached hydrogen (secondary N) is 2. The first-order valence-electron chi connectivity index (χ1n) is 4.91. The molecule has 0 aliphatic rings. The van der Waals surface area contributed by atoms with Crippen molar-refractivity contribution in [3.63, 3.8) is 0 Å². The summed E-state index contributed by atoms with van der Waals surface area (Å²) >= 11 is 8.74. The van der Waals surface area contributed by atoms with Crippen LogP contribution in [0.1, 0.15) is 0 Å². The number of hydrogen-bond donors (Lipinski definition) is 4. The number of rotatable bonds is 4. The van der Waals surface area contributed by atoms with Gasteiger partial charge in [-0.1, -0.05) is 11.6 Å². The van der Waals surface area contributed by atoms with Gasteiger partial charge in [-0.3, -0.25) is 0 Å². The number of carboxylic acids is 1. The molecule has 0 spiro atoms. The molecule has 1 aromatic carbocycles. The Morgan fingerprint density at radius 1 is 1.47 bits per heavy atom. The van der Waals surface area contributed by atoms with Crippen molar-refractivity contribution < 1.29 is 24.2 Å². The number of carbonyl (C=O) groups is 2. The second-order valence-corrected chi connectivity index (χ2v) is 4.68. The predicted molar refractivity (Wildman–Crippen MR) is 69.8 cm³/mol. The topological polar surface area (TPSA) is 98.7 Å². The number of urea groups is 1. The van der Waals surface area contributed by atoms with Crippen LogP contribution in [0.5, 0.6) is 0 Å². The Morgan fingerprint density at radius 2 is 2.11 bits per heavy atom. The van der Waals surface area contributed by atoms with Crippen LogP contribution in [0.15, 0.2) is 16.6 Å². The lowest BCUT2D eigenvalue weighted by molar-refractivity contribution is -0.140. The highest BCUT2D eigenvalue weighted by molar-refractivity contribution is 9.10. The second kappa shape index (κ2) is 6.69. The minimum absolute atomic E-state index is 0.0575. The molecule has 1 rings (SSSR count). The van der Waals surface area contributed by atoms with E-state index in [-0.39, 0.29) is 15.2 Å². The van der Waals surface area contributed by atoms with Gasteiger partial charge in [0.15, 0.2) is 6.04 Å². The monoisotopic (exact) mass is 354 g/mol. The number of aliphatic hydroxyl groups excluding tert-OH is 1. The lowest BCUT2D eigenvalue weighted by Crippen LogP contribution is -2.45. The molecule has 1 aromatic rings. The number of carboxylic acid groups (broad SMARTS) is 1. The maximum absolute atomic E-state index is 13.0. The molecule has 0 saturated heterocycles. The van der Waals surface area contributed by atoms with Crippen LogP contribution < -0.4 is 10.6 Å². The van der Waals surface area contributed by atoms with E-state index < -0.39 is 30.5 Å². The van der Waals surface area contributed by atoms with E-state index in [9.17, 15) is 14.0 Å². The van der Waals surface area contributed by atoms with Crippen molar-refractivity contribution in [2.75, 3.05) is 11.9 Å². The van der Waals surface area contributed by atoms with Gasteiger partial charge >= 0.3 is 12.0 Å². The number of anilines is 1. The van der Waals surface area contributed by atoms with Crippen LogP contribution in [0.2, 0.25) is 5.02 Å². The van der Waals surface area contributed by atoms with Crippen molar-refractivity contribution in [1.29, 1.82) is 0 Å². The van der Waals surface area contributed by atoms with Gasteiger partial charge in [-0.2, -0.15) is 0 Å². The summed E-state index contributed by atoms with van der Waals surface area (Å²) in [5.41, 5.74) is 0.0858. The SMILES string of the molecule is O=C(Nc1c(Cl)cc(F)cc1Br)N[C@@H](CO)C(=O)O. The van der Waals surface area contributed by atoms with E-state index >= 15 is 0 Å². The zero-order valence-electron chi connectivity index (χ0n) is 9.28. The highest BCUT2D eigenvalue weighted by Crippen LogP contribution is 2.31. The zero-order chi connectivity index (χ0) is 14.6.